The molecule has 0 atom stereocenters. The van der Waals surface area contributed by atoms with Gasteiger partial charge < -0.3 is 14.2 Å². The van der Waals surface area contributed by atoms with Crippen LogP contribution in [-0.2, 0) is 4.74 Å². The molecule has 7 heteroatoms. The molecular formula is C12H15BrN2O4. The maximum absolute atomic E-state index is 10.8. The molecule has 0 unspecified atom stereocenters. The van der Waals surface area contributed by atoms with Crippen LogP contribution in [0.2, 0.25) is 0 Å². The number of nitrogens with zero attached hydrogens (tertiary/aromatic N) is 1. The first kappa shape index (κ1) is 15.3. The molecule has 104 valence electrons. The van der Waals surface area contributed by atoms with Crippen molar-refractivity contribution in [1.29, 1.82) is 0 Å². The first-order chi connectivity index (χ1) is 9.21. The van der Waals surface area contributed by atoms with Gasteiger partial charge in [-0.15, -0.1) is 0 Å². The number of alkyl halides is 1. The fourth-order valence-corrected chi connectivity index (χ4v) is 1.40. The van der Waals surface area contributed by atoms with Gasteiger partial charge in [0.2, 0.25) is 0 Å². The van der Waals surface area contributed by atoms with Crippen LogP contribution in [0.25, 0.3) is 0 Å². The Hall–Kier alpha value is -1.76. The van der Waals surface area contributed by atoms with Crippen molar-refractivity contribution in [2.75, 3.05) is 26.2 Å². The van der Waals surface area contributed by atoms with E-state index in [-0.39, 0.29) is 0 Å². The summed E-state index contributed by atoms with van der Waals surface area (Å²) in [6, 6.07) is 5.33. The average molecular weight is 331 g/mol. The SMILES string of the molecule is COC(=O)NN=Cc1ccc(OCCBr)c(OC)c1. The normalized spacial score (nSPS) is 10.3. The van der Waals surface area contributed by atoms with E-state index in [9.17, 15) is 4.79 Å². The Kier molecular flexibility index (Phi) is 6.73. The summed E-state index contributed by atoms with van der Waals surface area (Å²) in [6.07, 6.45) is 0.855. The predicted octanol–water partition coefficient (Wildman–Crippen LogP) is 2.16. The molecule has 0 aliphatic carbocycles. The zero-order valence-corrected chi connectivity index (χ0v) is 12.3. The molecule has 1 rings (SSSR count). The van der Waals surface area contributed by atoms with Crippen molar-refractivity contribution in [3.8, 4) is 11.5 Å². The summed E-state index contributed by atoms with van der Waals surface area (Å²) in [5.41, 5.74) is 2.96. The largest absolute Gasteiger partial charge is 0.493 e. The molecule has 0 radical (unpaired) electrons. The van der Waals surface area contributed by atoms with Crippen LogP contribution < -0.4 is 14.9 Å². The number of rotatable bonds is 6. The molecule has 0 spiro atoms. The lowest BCUT2D eigenvalue weighted by Crippen LogP contribution is -2.16. The quantitative estimate of drug-likeness (QED) is 0.493. The number of ether oxygens (including phenoxy) is 3. The second kappa shape index (κ2) is 8.36. The van der Waals surface area contributed by atoms with Crippen molar-refractivity contribution in [3.63, 3.8) is 0 Å². The Balaban J connectivity index is 2.73. The van der Waals surface area contributed by atoms with Gasteiger partial charge in [0.1, 0.15) is 0 Å². The zero-order chi connectivity index (χ0) is 14.1. The highest BCUT2D eigenvalue weighted by Gasteiger charge is 2.04. The third kappa shape index (κ3) is 5.17. The van der Waals surface area contributed by atoms with Crippen molar-refractivity contribution in [2.45, 2.75) is 0 Å². The number of hydrazone groups is 1. The fourth-order valence-electron chi connectivity index (χ4n) is 1.24. The van der Waals surface area contributed by atoms with Gasteiger partial charge in [-0.1, -0.05) is 15.9 Å². The van der Waals surface area contributed by atoms with Crippen molar-refractivity contribution < 1.29 is 19.0 Å². The molecule has 0 saturated heterocycles. The number of halogens is 1. The Labute approximate surface area is 119 Å². The highest BCUT2D eigenvalue weighted by atomic mass is 79.9. The minimum Gasteiger partial charge on any atom is -0.493 e. The average Bonchev–Trinajstić information content (AvgIpc) is 2.45. The van der Waals surface area contributed by atoms with Crippen molar-refractivity contribution in [1.82, 2.24) is 5.43 Å². The zero-order valence-electron chi connectivity index (χ0n) is 10.7. The van der Waals surface area contributed by atoms with E-state index in [1.165, 1.54) is 13.3 Å². The summed E-state index contributed by atoms with van der Waals surface area (Å²) < 4.78 is 15.1. The number of amides is 1. The van der Waals surface area contributed by atoms with Gasteiger partial charge in [0.05, 0.1) is 27.0 Å². The lowest BCUT2D eigenvalue weighted by atomic mass is 10.2. The van der Waals surface area contributed by atoms with Gasteiger partial charge in [-0.25, -0.2) is 10.2 Å². The van der Waals surface area contributed by atoms with Crippen LogP contribution in [0.3, 0.4) is 0 Å². The van der Waals surface area contributed by atoms with E-state index in [0.717, 1.165) is 10.9 Å². The first-order valence-electron chi connectivity index (χ1n) is 5.45. The van der Waals surface area contributed by atoms with Gasteiger partial charge in [0.15, 0.2) is 11.5 Å². The Morgan fingerprint density at radius 3 is 2.84 bits per heavy atom. The molecule has 0 aromatic heterocycles. The molecule has 6 nitrogen and oxygen atoms in total. The number of carbonyl (C=O) groups excluding carboxylic acids is 1. The molecule has 19 heavy (non-hydrogen) atoms. The minimum atomic E-state index is -0.625. The van der Waals surface area contributed by atoms with E-state index in [0.29, 0.717) is 18.1 Å². The van der Waals surface area contributed by atoms with Gasteiger partial charge in [-0.05, 0) is 23.8 Å². The number of hydrogen-bond acceptors (Lipinski definition) is 5. The van der Waals surface area contributed by atoms with E-state index < -0.39 is 6.09 Å². The van der Waals surface area contributed by atoms with Gasteiger partial charge in [0.25, 0.3) is 0 Å². The van der Waals surface area contributed by atoms with Gasteiger partial charge >= 0.3 is 6.09 Å². The third-order valence-electron chi connectivity index (χ3n) is 2.08. The lowest BCUT2D eigenvalue weighted by Gasteiger charge is -2.09. The molecule has 0 aliphatic rings. The fraction of sp³-hybridized carbons (Fsp3) is 0.333. The molecule has 0 heterocycles. The Bertz CT molecular complexity index is 451. The molecule has 1 amide bonds. The van der Waals surface area contributed by atoms with Gasteiger partial charge in [-0.3, -0.25) is 0 Å². The smallest absolute Gasteiger partial charge is 0.427 e. The minimum absolute atomic E-state index is 0.549. The molecule has 1 aromatic rings. The summed E-state index contributed by atoms with van der Waals surface area (Å²) >= 11 is 3.28. The van der Waals surface area contributed by atoms with E-state index in [1.807, 2.05) is 0 Å². The lowest BCUT2D eigenvalue weighted by molar-refractivity contribution is 0.171. The van der Waals surface area contributed by atoms with E-state index in [1.54, 1.807) is 25.3 Å². The van der Waals surface area contributed by atoms with Gasteiger partial charge in [0, 0.05) is 5.33 Å². The molecule has 0 aliphatic heterocycles. The molecule has 1 N–H and O–H groups in total. The highest BCUT2D eigenvalue weighted by Crippen LogP contribution is 2.27. The van der Waals surface area contributed by atoms with Crippen LogP contribution in [0.1, 0.15) is 5.56 Å². The second-order valence-electron chi connectivity index (χ2n) is 3.31. The maximum Gasteiger partial charge on any atom is 0.427 e. The van der Waals surface area contributed by atoms with Crippen LogP contribution in [0.15, 0.2) is 23.3 Å². The first-order valence-corrected chi connectivity index (χ1v) is 6.57. The highest BCUT2D eigenvalue weighted by molar-refractivity contribution is 9.09. The molecule has 0 fully saturated rings. The van der Waals surface area contributed by atoms with Crippen molar-refractivity contribution in [2.24, 2.45) is 5.10 Å². The number of nitrogens with one attached hydrogen (secondary N) is 1. The van der Waals surface area contributed by atoms with E-state index in [4.69, 9.17) is 9.47 Å². The number of methoxy groups -OCH3 is 2. The summed E-state index contributed by atoms with van der Waals surface area (Å²) in [5, 5.41) is 4.46. The molecule has 0 saturated carbocycles. The predicted molar refractivity (Wildman–Crippen MR) is 75.4 cm³/mol. The summed E-state index contributed by atoms with van der Waals surface area (Å²) in [6.45, 7) is 0.549. The van der Waals surface area contributed by atoms with Crippen LogP contribution >= 0.6 is 15.9 Å². The van der Waals surface area contributed by atoms with Crippen LogP contribution in [0, 0.1) is 0 Å². The molecular weight excluding hydrogens is 316 g/mol. The van der Waals surface area contributed by atoms with Crippen LogP contribution in [0.5, 0.6) is 11.5 Å². The molecule has 1 aromatic carbocycles. The van der Waals surface area contributed by atoms with E-state index >= 15 is 0 Å². The second-order valence-corrected chi connectivity index (χ2v) is 4.10. The Morgan fingerprint density at radius 2 is 2.21 bits per heavy atom. The maximum atomic E-state index is 10.8. The number of benzene rings is 1. The van der Waals surface area contributed by atoms with Crippen LogP contribution in [0.4, 0.5) is 4.79 Å². The number of hydrogen-bond donors (Lipinski definition) is 1. The van der Waals surface area contributed by atoms with Gasteiger partial charge in [-0.2, -0.15) is 5.10 Å². The van der Waals surface area contributed by atoms with Crippen LogP contribution in [-0.4, -0.2) is 38.5 Å². The third-order valence-corrected chi connectivity index (χ3v) is 2.40. The summed E-state index contributed by atoms with van der Waals surface area (Å²) in [7, 11) is 2.83. The number of carbonyl (C=O) groups is 1. The topological polar surface area (TPSA) is 69.2 Å². The summed E-state index contributed by atoms with van der Waals surface area (Å²) in [5.74, 6) is 1.25. The van der Waals surface area contributed by atoms with E-state index in [2.05, 4.69) is 31.2 Å². The molecule has 0 bridgehead atoms. The Morgan fingerprint density at radius 1 is 1.42 bits per heavy atom. The standard InChI is InChI=1S/C12H15BrN2O4/c1-17-11-7-9(8-14-15-12(16)18-2)3-4-10(11)19-6-5-13/h3-4,7-8H,5-6H2,1-2H3,(H,15,16). The van der Waals surface area contributed by atoms with Crippen molar-refractivity contribution >= 4 is 28.2 Å². The van der Waals surface area contributed by atoms with Crippen molar-refractivity contribution in [3.05, 3.63) is 23.8 Å². The summed E-state index contributed by atoms with van der Waals surface area (Å²) in [4.78, 5) is 10.8. The monoisotopic (exact) mass is 330 g/mol.